The van der Waals surface area contributed by atoms with Crippen molar-refractivity contribution >= 4 is 11.8 Å². The fourth-order valence-electron chi connectivity index (χ4n) is 2.70. The van der Waals surface area contributed by atoms with Crippen LogP contribution >= 0.6 is 0 Å². The molecule has 0 bridgehead atoms. The van der Waals surface area contributed by atoms with Gasteiger partial charge in [-0.15, -0.1) is 0 Å². The number of nitrogens with zero attached hydrogens (tertiary/aromatic N) is 2. The standard InChI is InChI=1S/C18H23N2O7/c1-20(12-16-7-9-25-13-16,8-10-26-18(21)27-14-24-2)11-15-3-5-17(6-4-15)19(22)23/h3-7,9,13H,8,10-12,14H2,1-2H3/q+1. The molecule has 0 radical (unpaired) electrons. The van der Waals surface area contributed by atoms with Gasteiger partial charge in [0.05, 0.1) is 24.5 Å². The van der Waals surface area contributed by atoms with Crippen LogP contribution in [0.15, 0.2) is 47.3 Å². The first-order valence-corrected chi connectivity index (χ1v) is 8.28. The van der Waals surface area contributed by atoms with Crippen molar-refractivity contribution < 1.29 is 32.8 Å². The third-order valence-corrected chi connectivity index (χ3v) is 4.00. The average molecular weight is 379 g/mol. The van der Waals surface area contributed by atoms with Gasteiger partial charge in [0.15, 0.2) is 6.79 Å². The van der Waals surface area contributed by atoms with Gasteiger partial charge >= 0.3 is 6.16 Å². The fraction of sp³-hybridized carbons (Fsp3) is 0.389. The number of carbonyl (C=O) groups excluding carboxylic acids is 1. The second-order valence-electron chi connectivity index (χ2n) is 6.36. The molecule has 2 rings (SSSR count). The summed E-state index contributed by atoms with van der Waals surface area (Å²) < 4.78 is 20.1. The van der Waals surface area contributed by atoms with Crippen LogP contribution in [0, 0.1) is 10.1 Å². The Bertz CT molecular complexity index is 731. The minimum absolute atomic E-state index is 0.0482. The van der Waals surface area contributed by atoms with Crippen LogP contribution in [0.25, 0.3) is 0 Å². The van der Waals surface area contributed by atoms with Crippen LogP contribution in [-0.2, 0) is 27.3 Å². The number of hydrogen-bond donors (Lipinski definition) is 0. The number of benzene rings is 1. The van der Waals surface area contributed by atoms with E-state index in [2.05, 4.69) is 4.74 Å². The molecule has 0 amide bonds. The Balaban J connectivity index is 2.02. The first kappa shape index (κ1) is 20.4. The van der Waals surface area contributed by atoms with Gasteiger partial charge in [-0.05, 0) is 18.2 Å². The summed E-state index contributed by atoms with van der Waals surface area (Å²) in [6.45, 7) is 1.75. The van der Waals surface area contributed by atoms with Crippen LogP contribution in [0.1, 0.15) is 11.1 Å². The number of nitro benzene ring substituents is 1. The van der Waals surface area contributed by atoms with Crippen molar-refractivity contribution in [2.45, 2.75) is 13.1 Å². The van der Waals surface area contributed by atoms with E-state index in [4.69, 9.17) is 13.9 Å². The second kappa shape index (κ2) is 9.70. The molecule has 27 heavy (non-hydrogen) atoms. The summed E-state index contributed by atoms with van der Waals surface area (Å²) in [6, 6.07) is 8.31. The first-order chi connectivity index (χ1) is 12.9. The number of likely N-dealkylation sites (N-methyl/N-ethyl adjacent to an activating group) is 1. The molecule has 9 heteroatoms. The van der Waals surface area contributed by atoms with Crippen molar-refractivity contribution in [3.8, 4) is 0 Å². The van der Waals surface area contributed by atoms with Gasteiger partial charge in [0.25, 0.3) is 5.69 Å². The number of rotatable bonds is 10. The van der Waals surface area contributed by atoms with Crippen molar-refractivity contribution in [1.82, 2.24) is 0 Å². The highest BCUT2D eigenvalue weighted by Crippen LogP contribution is 2.20. The van der Waals surface area contributed by atoms with E-state index in [0.29, 0.717) is 24.1 Å². The average Bonchev–Trinajstić information content (AvgIpc) is 3.12. The molecule has 0 N–H and O–H groups in total. The molecular weight excluding hydrogens is 356 g/mol. The van der Waals surface area contributed by atoms with Crippen LogP contribution in [0.2, 0.25) is 0 Å². The Morgan fingerprint density at radius 2 is 1.85 bits per heavy atom. The molecule has 1 aromatic carbocycles. The third kappa shape index (κ3) is 6.72. The number of carbonyl (C=O) groups is 1. The van der Waals surface area contributed by atoms with E-state index in [1.54, 1.807) is 24.7 Å². The minimum atomic E-state index is -0.790. The van der Waals surface area contributed by atoms with Gasteiger partial charge in [-0.1, -0.05) is 0 Å². The van der Waals surface area contributed by atoms with Crippen molar-refractivity contribution in [1.29, 1.82) is 0 Å². The van der Waals surface area contributed by atoms with E-state index in [9.17, 15) is 14.9 Å². The van der Waals surface area contributed by atoms with Crippen LogP contribution in [0.5, 0.6) is 0 Å². The SMILES string of the molecule is COCOC(=O)OCC[N+](C)(Cc1ccc([N+](=O)[O-])cc1)Cc1ccoc1. The van der Waals surface area contributed by atoms with Gasteiger partial charge in [0.1, 0.15) is 26.2 Å². The van der Waals surface area contributed by atoms with Crippen LogP contribution in [-0.4, -0.2) is 49.7 Å². The number of methoxy groups -OCH3 is 1. The van der Waals surface area contributed by atoms with E-state index in [1.807, 2.05) is 13.1 Å². The van der Waals surface area contributed by atoms with Gasteiger partial charge in [0, 0.05) is 30.4 Å². The van der Waals surface area contributed by atoms with Gasteiger partial charge in [-0.25, -0.2) is 4.79 Å². The molecular formula is C18H23N2O7+. The zero-order chi connectivity index (χ0) is 19.7. The zero-order valence-electron chi connectivity index (χ0n) is 15.3. The maximum absolute atomic E-state index is 11.5. The summed E-state index contributed by atoms with van der Waals surface area (Å²) in [7, 11) is 3.43. The molecule has 0 aliphatic rings. The predicted molar refractivity (Wildman–Crippen MR) is 94.6 cm³/mol. The van der Waals surface area contributed by atoms with E-state index < -0.39 is 11.1 Å². The molecule has 2 aromatic rings. The van der Waals surface area contributed by atoms with Crippen LogP contribution < -0.4 is 0 Å². The van der Waals surface area contributed by atoms with E-state index in [0.717, 1.165) is 11.1 Å². The monoisotopic (exact) mass is 379 g/mol. The van der Waals surface area contributed by atoms with Gasteiger partial charge in [0.2, 0.25) is 0 Å². The highest BCUT2D eigenvalue weighted by molar-refractivity contribution is 5.59. The number of nitro groups is 1. The quantitative estimate of drug-likeness (QED) is 0.205. The Labute approximate surface area is 156 Å². The number of hydrogen-bond acceptors (Lipinski definition) is 7. The summed E-state index contributed by atoms with van der Waals surface area (Å²) in [5.74, 6) is 0. The maximum Gasteiger partial charge on any atom is 0.510 e. The van der Waals surface area contributed by atoms with Crippen LogP contribution in [0.3, 0.4) is 0 Å². The molecule has 1 unspecified atom stereocenters. The van der Waals surface area contributed by atoms with Crippen molar-refractivity contribution in [2.75, 3.05) is 34.1 Å². The number of non-ortho nitro benzene ring substituents is 1. The second-order valence-corrected chi connectivity index (χ2v) is 6.36. The summed E-state index contributed by atoms with van der Waals surface area (Å²) in [5, 5.41) is 10.8. The lowest BCUT2D eigenvalue weighted by Crippen LogP contribution is -2.45. The number of furan rings is 1. The lowest BCUT2D eigenvalue weighted by molar-refractivity contribution is -0.935. The fourth-order valence-corrected chi connectivity index (χ4v) is 2.70. The molecule has 1 atom stereocenters. The highest BCUT2D eigenvalue weighted by atomic mass is 16.8. The molecule has 0 fully saturated rings. The summed E-state index contributed by atoms with van der Waals surface area (Å²) in [4.78, 5) is 21.8. The largest absolute Gasteiger partial charge is 0.510 e. The molecule has 0 spiro atoms. The lowest BCUT2D eigenvalue weighted by Gasteiger charge is -2.34. The molecule has 0 saturated heterocycles. The molecule has 0 aliphatic carbocycles. The van der Waals surface area contributed by atoms with Gasteiger partial charge in [-0.2, -0.15) is 0 Å². The smallest absolute Gasteiger partial charge is 0.472 e. The molecule has 9 nitrogen and oxygen atoms in total. The molecule has 0 aliphatic heterocycles. The normalized spacial score (nSPS) is 13.0. The maximum atomic E-state index is 11.5. The van der Waals surface area contributed by atoms with Gasteiger partial charge in [-0.3, -0.25) is 10.1 Å². The molecule has 1 aromatic heterocycles. The summed E-state index contributed by atoms with van der Waals surface area (Å²) in [5.41, 5.74) is 1.99. The van der Waals surface area contributed by atoms with Gasteiger partial charge < -0.3 is 23.1 Å². The van der Waals surface area contributed by atoms with Crippen LogP contribution in [0.4, 0.5) is 10.5 Å². The third-order valence-electron chi connectivity index (χ3n) is 4.00. The van der Waals surface area contributed by atoms with Crippen molar-refractivity contribution in [2.24, 2.45) is 0 Å². The Hall–Kier alpha value is -2.91. The predicted octanol–water partition coefficient (Wildman–Crippen LogP) is 3.09. The Kier molecular flexibility index (Phi) is 7.33. The Morgan fingerprint density at radius 1 is 1.15 bits per heavy atom. The Morgan fingerprint density at radius 3 is 2.44 bits per heavy atom. The minimum Gasteiger partial charge on any atom is -0.472 e. The highest BCUT2D eigenvalue weighted by Gasteiger charge is 2.24. The molecule has 1 heterocycles. The van der Waals surface area contributed by atoms with Crippen molar-refractivity contribution in [3.63, 3.8) is 0 Å². The summed E-state index contributed by atoms with van der Waals surface area (Å²) in [6.07, 6.45) is 2.48. The lowest BCUT2D eigenvalue weighted by atomic mass is 10.1. The topological polar surface area (TPSA) is 101 Å². The van der Waals surface area contributed by atoms with E-state index in [-0.39, 0.29) is 19.1 Å². The first-order valence-electron chi connectivity index (χ1n) is 8.28. The molecule has 0 saturated carbocycles. The zero-order valence-corrected chi connectivity index (χ0v) is 15.3. The van der Waals surface area contributed by atoms with E-state index in [1.165, 1.54) is 19.2 Å². The summed E-state index contributed by atoms with van der Waals surface area (Å²) >= 11 is 0. The number of ether oxygens (including phenoxy) is 3. The molecule has 146 valence electrons. The number of quaternary nitrogens is 1. The van der Waals surface area contributed by atoms with Crippen molar-refractivity contribution in [3.05, 3.63) is 64.1 Å². The van der Waals surface area contributed by atoms with E-state index >= 15 is 0 Å².